The van der Waals surface area contributed by atoms with E-state index in [9.17, 15) is 0 Å². The van der Waals surface area contributed by atoms with E-state index < -0.39 is 0 Å². The zero-order valence-corrected chi connectivity index (χ0v) is 12.3. The number of aromatic nitrogens is 5. The summed E-state index contributed by atoms with van der Waals surface area (Å²) in [6.07, 6.45) is 4.43. The molecule has 0 unspecified atom stereocenters. The molecule has 3 aromatic heterocycles. The second-order valence-electron chi connectivity index (χ2n) is 4.34. The highest BCUT2D eigenvalue weighted by Gasteiger charge is 2.08. The van der Waals surface area contributed by atoms with Gasteiger partial charge >= 0.3 is 0 Å². The number of hydrogen-bond acceptors (Lipinski definition) is 7. The molecule has 7 nitrogen and oxygen atoms in total. The highest BCUT2D eigenvalue weighted by molar-refractivity contribution is 7.10. The third-order valence-electron chi connectivity index (χ3n) is 2.98. The zero-order chi connectivity index (χ0) is 14.7. The maximum Gasteiger partial charge on any atom is 0.257 e. The molecule has 0 aliphatic carbocycles. The molecule has 0 radical (unpaired) electrons. The number of nitrogens with two attached hydrogens (primary N) is 1. The van der Waals surface area contributed by atoms with E-state index in [1.165, 1.54) is 10.4 Å². The van der Waals surface area contributed by atoms with Gasteiger partial charge in [-0.3, -0.25) is 0 Å². The average Bonchev–Trinajstić information content (AvgIpc) is 3.15. The predicted molar refractivity (Wildman–Crippen MR) is 82.4 cm³/mol. The van der Waals surface area contributed by atoms with Gasteiger partial charge in [0.05, 0.1) is 6.54 Å². The molecular formula is C13H15N7S. The summed E-state index contributed by atoms with van der Waals surface area (Å²) in [5.41, 5.74) is 7.06. The van der Waals surface area contributed by atoms with Crippen LogP contribution in [0, 0.1) is 0 Å². The molecule has 0 bridgehead atoms. The Morgan fingerprint density at radius 3 is 3.00 bits per heavy atom. The van der Waals surface area contributed by atoms with Gasteiger partial charge in [-0.15, -0.1) is 11.3 Å². The molecule has 0 atom stereocenters. The lowest BCUT2D eigenvalue weighted by Gasteiger charge is -2.07. The maximum atomic E-state index is 5.73. The number of rotatable bonds is 5. The van der Waals surface area contributed by atoms with Gasteiger partial charge < -0.3 is 11.1 Å². The summed E-state index contributed by atoms with van der Waals surface area (Å²) in [6.45, 7) is 2.81. The lowest BCUT2D eigenvalue weighted by molar-refractivity contribution is 0.798. The van der Waals surface area contributed by atoms with Crippen molar-refractivity contribution in [1.29, 1.82) is 0 Å². The van der Waals surface area contributed by atoms with Crippen LogP contribution in [0.25, 0.3) is 5.95 Å². The second kappa shape index (κ2) is 5.88. The summed E-state index contributed by atoms with van der Waals surface area (Å²) in [5, 5.41) is 9.37. The topological polar surface area (TPSA) is 94.5 Å². The fourth-order valence-corrected chi connectivity index (χ4v) is 2.86. The fraction of sp³-hybridized carbons (Fsp3) is 0.231. The molecular weight excluding hydrogens is 286 g/mol. The van der Waals surface area contributed by atoms with E-state index in [-0.39, 0.29) is 5.95 Å². The summed E-state index contributed by atoms with van der Waals surface area (Å²) in [7, 11) is 0. The van der Waals surface area contributed by atoms with Crippen LogP contribution in [0.5, 0.6) is 0 Å². The molecule has 0 aromatic carbocycles. The summed E-state index contributed by atoms with van der Waals surface area (Å²) in [5.74, 6) is 1.01. The smallest absolute Gasteiger partial charge is 0.257 e. The van der Waals surface area contributed by atoms with Crippen molar-refractivity contribution >= 4 is 23.2 Å². The Bertz CT molecular complexity index is 720. The SMILES string of the molecule is CCc1ccsc1CNc1nc(N)nc(-n2cccn2)n1. The highest BCUT2D eigenvalue weighted by atomic mass is 32.1. The predicted octanol–water partition coefficient (Wildman–Crippen LogP) is 1.88. The Hall–Kier alpha value is -2.48. The highest BCUT2D eigenvalue weighted by Crippen LogP contribution is 2.18. The number of anilines is 2. The van der Waals surface area contributed by atoms with E-state index in [2.05, 4.69) is 43.7 Å². The molecule has 21 heavy (non-hydrogen) atoms. The van der Waals surface area contributed by atoms with Crippen molar-refractivity contribution in [3.8, 4) is 5.95 Å². The molecule has 0 spiro atoms. The number of hydrogen-bond donors (Lipinski definition) is 2. The largest absolute Gasteiger partial charge is 0.368 e. The van der Waals surface area contributed by atoms with Crippen LogP contribution in [0.2, 0.25) is 0 Å². The summed E-state index contributed by atoms with van der Waals surface area (Å²) in [6, 6.07) is 3.94. The minimum absolute atomic E-state index is 0.167. The van der Waals surface area contributed by atoms with Crippen molar-refractivity contribution in [3.63, 3.8) is 0 Å². The monoisotopic (exact) mass is 301 g/mol. The van der Waals surface area contributed by atoms with E-state index >= 15 is 0 Å². The lowest BCUT2D eigenvalue weighted by Crippen LogP contribution is -2.11. The van der Waals surface area contributed by atoms with Crippen LogP contribution >= 0.6 is 11.3 Å². The standard InChI is InChI=1S/C13H15N7S/c1-2-9-4-7-21-10(9)8-15-12-17-11(14)18-13(19-12)20-6-3-5-16-20/h3-7H,2,8H2,1H3,(H3,14,15,17,18,19). The van der Waals surface area contributed by atoms with Crippen molar-refractivity contribution in [1.82, 2.24) is 24.7 Å². The zero-order valence-electron chi connectivity index (χ0n) is 11.5. The lowest BCUT2D eigenvalue weighted by atomic mass is 10.2. The van der Waals surface area contributed by atoms with Crippen LogP contribution in [0.1, 0.15) is 17.4 Å². The first-order valence-electron chi connectivity index (χ1n) is 6.57. The molecule has 108 valence electrons. The van der Waals surface area contributed by atoms with Crippen LogP contribution < -0.4 is 11.1 Å². The third-order valence-corrected chi connectivity index (χ3v) is 3.94. The Balaban J connectivity index is 1.79. The molecule has 0 aliphatic heterocycles. The van der Waals surface area contributed by atoms with Gasteiger partial charge in [0.2, 0.25) is 11.9 Å². The van der Waals surface area contributed by atoms with Crippen molar-refractivity contribution in [2.75, 3.05) is 11.1 Å². The van der Waals surface area contributed by atoms with E-state index in [4.69, 9.17) is 5.73 Å². The number of nitrogen functional groups attached to an aromatic ring is 1. The van der Waals surface area contributed by atoms with Gasteiger partial charge in [-0.1, -0.05) is 6.92 Å². The molecule has 3 N–H and O–H groups in total. The van der Waals surface area contributed by atoms with E-state index in [0.717, 1.165) is 6.42 Å². The van der Waals surface area contributed by atoms with Gasteiger partial charge in [-0.05, 0) is 29.5 Å². The van der Waals surface area contributed by atoms with Crippen LogP contribution in [0.4, 0.5) is 11.9 Å². The van der Waals surface area contributed by atoms with Gasteiger partial charge in [0, 0.05) is 17.3 Å². The number of nitrogens with one attached hydrogen (secondary N) is 1. The molecule has 3 rings (SSSR count). The molecule has 0 aliphatic rings. The minimum atomic E-state index is 0.167. The maximum absolute atomic E-state index is 5.73. The average molecular weight is 301 g/mol. The van der Waals surface area contributed by atoms with Crippen molar-refractivity contribution in [2.45, 2.75) is 19.9 Å². The van der Waals surface area contributed by atoms with Crippen molar-refractivity contribution < 1.29 is 0 Å². The van der Waals surface area contributed by atoms with Crippen LogP contribution in [-0.4, -0.2) is 24.7 Å². The van der Waals surface area contributed by atoms with Gasteiger partial charge in [0.25, 0.3) is 5.95 Å². The van der Waals surface area contributed by atoms with Gasteiger partial charge in [-0.2, -0.15) is 20.1 Å². The van der Waals surface area contributed by atoms with Crippen molar-refractivity contribution in [3.05, 3.63) is 40.3 Å². The quantitative estimate of drug-likeness (QED) is 0.747. The van der Waals surface area contributed by atoms with Crippen LogP contribution in [0.3, 0.4) is 0 Å². The molecule has 8 heteroatoms. The van der Waals surface area contributed by atoms with Crippen molar-refractivity contribution in [2.24, 2.45) is 0 Å². The minimum Gasteiger partial charge on any atom is -0.368 e. The molecule has 0 saturated heterocycles. The Morgan fingerprint density at radius 2 is 2.24 bits per heavy atom. The van der Waals surface area contributed by atoms with E-state index in [0.29, 0.717) is 18.4 Å². The third kappa shape index (κ3) is 3.00. The number of nitrogens with zero attached hydrogens (tertiary/aromatic N) is 5. The molecule has 3 heterocycles. The first-order chi connectivity index (χ1) is 10.3. The Labute approximate surface area is 125 Å². The molecule has 0 amide bonds. The summed E-state index contributed by atoms with van der Waals surface area (Å²) in [4.78, 5) is 13.8. The number of aryl methyl sites for hydroxylation is 1. The normalized spacial score (nSPS) is 10.7. The second-order valence-corrected chi connectivity index (χ2v) is 5.34. The number of thiophene rings is 1. The van der Waals surface area contributed by atoms with E-state index in [1.54, 1.807) is 34.5 Å². The first-order valence-corrected chi connectivity index (χ1v) is 7.45. The Morgan fingerprint density at radius 1 is 1.33 bits per heavy atom. The molecule has 0 fully saturated rings. The van der Waals surface area contributed by atoms with Gasteiger partial charge in [0.1, 0.15) is 0 Å². The van der Waals surface area contributed by atoms with Crippen LogP contribution in [-0.2, 0) is 13.0 Å². The van der Waals surface area contributed by atoms with Crippen LogP contribution in [0.15, 0.2) is 29.9 Å². The van der Waals surface area contributed by atoms with E-state index in [1.807, 2.05) is 0 Å². The van der Waals surface area contributed by atoms with Gasteiger partial charge in [0.15, 0.2) is 0 Å². The van der Waals surface area contributed by atoms with Gasteiger partial charge in [-0.25, -0.2) is 4.68 Å². The summed E-state index contributed by atoms with van der Waals surface area (Å²) >= 11 is 1.72. The summed E-state index contributed by atoms with van der Waals surface area (Å²) < 4.78 is 1.55. The fourth-order valence-electron chi connectivity index (χ4n) is 1.95. The molecule has 3 aromatic rings. The molecule has 0 saturated carbocycles. The first kappa shape index (κ1) is 13.5. The Kier molecular flexibility index (Phi) is 3.78.